The lowest BCUT2D eigenvalue weighted by Gasteiger charge is -2.16. The Hall–Kier alpha value is -2.82. The maximum Gasteiger partial charge on any atom is 0.471 e. The van der Waals surface area contributed by atoms with Crippen molar-refractivity contribution in [1.29, 1.82) is 0 Å². The number of carbonyl (C=O) groups excluding carboxylic acids is 1. The Morgan fingerprint density at radius 2 is 1.79 bits per heavy atom. The van der Waals surface area contributed by atoms with E-state index in [-0.39, 0.29) is 29.4 Å². The first kappa shape index (κ1) is 19.9. The van der Waals surface area contributed by atoms with Crippen molar-refractivity contribution in [3.8, 4) is 5.75 Å². The van der Waals surface area contributed by atoms with Crippen molar-refractivity contribution in [3.63, 3.8) is 0 Å². The fraction of sp³-hybridized carbons (Fsp3) is 0.235. The van der Waals surface area contributed by atoms with Crippen molar-refractivity contribution in [2.75, 3.05) is 11.8 Å². The standard InChI is InChI=1S/C17H14F4N2O4S/c1-27-15-7-12(18)3-5-14(15)22-28(25,26)13-4-2-10-8-23(9-11(10)6-13)16(24)17(19,20)21/h2-7,22H,8-9H2,1H3. The van der Waals surface area contributed by atoms with Crippen LogP contribution in [-0.2, 0) is 27.9 Å². The van der Waals surface area contributed by atoms with Crippen molar-refractivity contribution in [1.82, 2.24) is 4.90 Å². The average Bonchev–Trinajstić information content (AvgIpc) is 3.04. The van der Waals surface area contributed by atoms with E-state index >= 15 is 0 Å². The van der Waals surface area contributed by atoms with Gasteiger partial charge in [-0.2, -0.15) is 13.2 Å². The third kappa shape index (κ3) is 3.88. The summed E-state index contributed by atoms with van der Waals surface area (Å²) in [4.78, 5) is 11.8. The zero-order valence-electron chi connectivity index (χ0n) is 14.4. The topological polar surface area (TPSA) is 75.7 Å². The van der Waals surface area contributed by atoms with E-state index in [4.69, 9.17) is 4.74 Å². The predicted molar refractivity (Wildman–Crippen MR) is 90.5 cm³/mol. The number of rotatable bonds is 4. The molecule has 1 N–H and O–H groups in total. The smallest absolute Gasteiger partial charge is 0.471 e. The van der Waals surface area contributed by atoms with Gasteiger partial charge < -0.3 is 9.64 Å². The number of amides is 1. The Morgan fingerprint density at radius 3 is 2.43 bits per heavy atom. The molecule has 6 nitrogen and oxygen atoms in total. The van der Waals surface area contributed by atoms with Gasteiger partial charge in [0.15, 0.2) is 0 Å². The Labute approximate surface area is 157 Å². The number of benzene rings is 2. The van der Waals surface area contributed by atoms with Gasteiger partial charge in [-0.25, -0.2) is 12.8 Å². The highest BCUT2D eigenvalue weighted by Crippen LogP contribution is 2.31. The molecule has 0 fully saturated rings. The average molecular weight is 418 g/mol. The van der Waals surface area contributed by atoms with Gasteiger partial charge >= 0.3 is 12.1 Å². The zero-order chi connectivity index (χ0) is 20.7. The molecule has 2 aromatic rings. The van der Waals surface area contributed by atoms with Crippen LogP contribution in [0.5, 0.6) is 5.75 Å². The third-order valence-corrected chi connectivity index (χ3v) is 5.51. The summed E-state index contributed by atoms with van der Waals surface area (Å²) < 4.78 is 83.5. The van der Waals surface area contributed by atoms with Gasteiger partial charge in [-0.3, -0.25) is 9.52 Å². The van der Waals surface area contributed by atoms with E-state index in [1.807, 2.05) is 0 Å². The molecule has 11 heteroatoms. The van der Waals surface area contributed by atoms with E-state index < -0.39 is 27.9 Å². The van der Waals surface area contributed by atoms with E-state index in [0.29, 0.717) is 16.0 Å². The molecule has 3 rings (SSSR count). The molecule has 0 saturated carbocycles. The van der Waals surface area contributed by atoms with E-state index in [9.17, 15) is 30.8 Å². The minimum atomic E-state index is -5.00. The Bertz CT molecular complexity index is 1040. The normalized spacial score (nSPS) is 14.0. The molecule has 0 atom stereocenters. The monoisotopic (exact) mass is 418 g/mol. The minimum absolute atomic E-state index is 0.00160. The second kappa shape index (κ2) is 6.97. The van der Waals surface area contributed by atoms with Crippen LogP contribution in [-0.4, -0.2) is 32.5 Å². The first-order valence-corrected chi connectivity index (χ1v) is 9.34. The number of anilines is 1. The molecule has 0 aliphatic carbocycles. The number of carbonyl (C=O) groups is 1. The van der Waals surface area contributed by atoms with Crippen molar-refractivity contribution in [2.24, 2.45) is 0 Å². The number of alkyl halides is 3. The maximum atomic E-state index is 13.3. The van der Waals surface area contributed by atoms with Gasteiger partial charge in [0.2, 0.25) is 0 Å². The van der Waals surface area contributed by atoms with E-state index in [0.717, 1.165) is 12.1 Å². The van der Waals surface area contributed by atoms with Crippen molar-refractivity contribution in [2.45, 2.75) is 24.2 Å². The van der Waals surface area contributed by atoms with Crippen molar-refractivity contribution >= 4 is 21.6 Å². The number of nitrogens with zero attached hydrogens (tertiary/aromatic N) is 1. The summed E-state index contributed by atoms with van der Waals surface area (Å²) in [7, 11) is -2.88. The molecule has 0 radical (unpaired) electrons. The molecule has 0 saturated heterocycles. The van der Waals surface area contributed by atoms with Crippen LogP contribution >= 0.6 is 0 Å². The van der Waals surface area contributed by atoms with Crippen molar-refractivity contribution < 1.29 is 35.5 Å². The van der Waals surface area contributed by atoms with Crippen LogP contribution in [0.4, 0.5) is 23.2 Å². The SMILES string of the molecule is COc1cc(F)ccc1NS(=O)(=O)c1ccc2c(c1)CN(C(=O)C(F)(F)F)C2. The van der Waals surface area contributed by atoms with Crippen LogP contribution < -0.4 is 9.46 Å². The molecular weight excluding hydrogens is 404 g/mol. The molecule has 0 spiro atoms. The van der Waals surface area contributed by atoms with Crippen LogP contribution in [0.25, 0.3) is 0 Å². The van der Waals surface area contributed by atoms with Gasteiger partial charge in [-0.05, 0) is 35.4 Å². The van der Waals surface area contributed by atoms with Crippen LogP contribution in [0, 0.1) is 5.82 Å². The molecule has 0 bridgehead atoms. The summed E-state index contributed by atoms with van der Waals surface area (Å²) >= 11 is 0. The highest BCUT2D eigenvalue weighted by atomic mass is 32.2. The summed E-state index contributed by atoms with van der Waals surface area (Å²) in [5, 5.41) is 0. The number of halogens is 4. The van der Waals surface area contributed by atoms with E-state index in [1.54, 1.807) is 0 Å². The Morgan fingerprint density at radius 1 is 1.11 bits per heavy atom. The van der Waals surface area contributed by atoms with Gasteiger partial charge in [0.1, 0.15) is 11.6 Å². The number of hydrogen-bond acceptors (Lipinski definition) is 4. The molecule has 28 heavy (non-hydrogen) atoms. The van der Waals surface area contributed by atoms with Gasteiger partial charge in [-0.1, -0.05) is 6.07 Å². The first-order chi connectivity index (χ1) is 13.0. The third-order valence-electron chi connectivity index (χ3n) is 4.15. The molecule has 0 unspecified atom stereocenters. The number of methoxy groups -OCH3 is 1. The first-order valence-electron chi connectivity index (χ1n) is 7.85. The highest BCUT2D eigenvalue weighted by molar-refractivity contribution is 7.92. The summed E-state index contributed by atoms with van der Waals surface area (Å²) in [5.41, 5.74) is 0.723. The molecule has 0 aromatic heterocycles. The van der Waals surface area contributed by atoms with Crippen LogP contribution in [0.15, 0.2) is 41.3 Å². The summed E-state index contributed by atoms with van der Waals surface area (Å²) in [6.45, 7) is -0.607. The number of ether oxygens (including phenoxy) is 1. The molecule has 1 heterocycles. The molecular formula is C17H14F4N2O4S. The second-order valence-corrected chi connectivity index (χ2v) is 7.72. The van der Waals surface area contributed by atoms with Gasteiger partial charge in [0, 0.05) is 19.2 Å². The predicted octanol–water partition coefficient (Wildman–Crippen LogP) is 3.04. The molecule has 2 aromatic carbocycles. The number of hydrogen-bond donors (Lipinski definition) is 1. The second-order valence-electron chi connectivity index (χ2n) is 6.04. The fourth-order valence-electron chi connectivity index (χ4n) is 2.81. The Kier molecular flexibility index (Phi) is 4.96. The zero-order valence-corrected chi connectivity index (χ0v) is 15.2. The van der Waals surface area contributed by atoms with Crippen LogP contribution in [0.1, 0.15) is 11.1 Å². The van der Waals surface area contributed by atoms with E-state index in [2.05, 4.69) is 4.72 Å². The van der Waals surface area contributed by atoms with E-state index in [1.165, 1.54) is 31.4 Å². The van der Waals surface area contributed by atoms with Gasteiger partial charge in [-0.15, -0.1) is 0 Å². The highest BCUT2D eigenvalue weighted by Gasteiger charge is 2.44. The molecule has 1 amide bonds. The quantitative estimate of drug-likeness (QED) is 0.775. The Balaban J connectivity index is 1.86. The van der Waals surface area contributed by atoms with Crippen molar-refractivity contribution in [3.05, 3.63) is 53.3 Å². The molecule has 1 aliphatic rings. The summed E-state index contributed by atoms with van der Waals surface area (Å²) in [6, 6.07) is 7.01. The number of fused-ring (bicyclic) bond motifs is 1. The molecule has 1 aliphatic heterocycles. The van der Waals surface area contributed by atoms with Gasteiger partial charge in [0.05, 0.1) is 17.7 Å². The number of nitrogens with one attached hydrogen (secondary N) is 1. The maximum absolute atomic E-state index is 13.3. The lowest BCUT2D eigenvalue weighted by atomic mass is 10.1. The summed E-state index contributed by atoms with van der Waals surface area (Å²) in [6.07, 6.45) is -5.00. The lowest BCUT2D eigenvalue weighted by molar-refractivity contribution is -0.186. The lowest BCUT2D eigenvalue weighted by Crippen LogP contribution is -2.37. The van der Waals surface area contributed by atoms with Crippen LogP contribution in [0.2, 0.25) is 0 Å². The van der Waals surface area contributed by atoms with Gasteiger partial charge in [0.25, 0.3) is 10.0 Å². The minimum Gasteiger partial charge on any atom is -0.494 e. The molecule has 150 valence electrons. The fourth-order valence-corrected chi connectivity index (χ4v) is 3.93. The van der Waals surface area contributed by atoms with Crippen LogP contribution in [0.3, 0.4) is 0 Å². The summed E-state index contributed by atoms with van der Waals surface area (Å²) in [5.74, 6) is -2.64. The number of sulfonamides is 1. The largest absolute Gasteiger partial charge is 0.494 e.